The van der Waals surface area contributed by atoms with Gasteiger partial charge in [0.25, 0.3) is 0 Å². The third-order valence-electron chi connectivity index (χ3n) is 7.00. The number of ether oxygens (including phenoxy) is 1. The van der Waals surface area contributed by atoms with Gasteiger partial charge in [0, 0.05) is 71.4 Å². The van der Waals surface area contributed by atoms with Gasteiger partial charge in [-0.15, -0.1) is 0 Å². The maximum Gasteiger partial charge on any atom is 0.193 e. The van der Waals surface area contributed by atoms with E-state index in [1.807, 2.05) is 7.05 Å². The van der Waals surface area contributed by atoms with Gasteiger partial charge in [0.15, 0.2) is 5.96 Å². The maximum atomic E-state index is 5.68. The predicted molar refractivity (Wildman–Crippen MR) is 118 cm³/mol. The monoisotopic (exact) mass is 399 g/mol. The van der Waals surface area contributed by atoms with Crippen molar-refractivity contribution < 1.29 is 4.74 Å². The first kappa shape index (κ1) is 20.6. The van der Waals surface area contributed by atoms with E-state index in [1.165, 1.54) is 37.1 Å². The van der Waals surface area contributed by atoms with Crippen molar-refractivity contribution in [2.75, 3.05) is 66.1 Å². The van der Waals surface area contributed by atoms with E-state index < -0.39 is 0 Å². The van der Waals surface area contributed by atoms with E-state index in [9.17, 15) is 0 Å². The lowest BCUT2D eigenvalue weighted by Crippen LogP contribution is -2.45. The molecular formula is C23H37N5O. The third-order valence-corrected chi connectivity index (χ3v) is 7.00. The Balaban J connectivity index is 1.33. The van der Waals surface area contributed by atoms with Gasteiger partial charge in [-0.05, 0) is 30.5 Å². The van der Waals surface area contributed by atoms with Crippen LogP contribution in [0.15, 0.2) is 29.3 Å². The summed E-state index contributed by atoms with van der Waals surface area (Å²) in [5.74, 6) is 1.03. The van der Waals surface area contributed by atoms with Crippen LogP contribution in [-0.4, -0.2) is 86.7 Å². The minimum absolute atomic E-state index is 0.357. The summed E-state index contributed by atoms with van der Waals surface area (Å²) in [6.45, 7) is 14.0. The highest BCUT2D eigenvalue weighted by atomic mass is 16.5. The molecule has 0 radical (unpaired) electrons. The molecule has 1 aromatic carbocycles. The number of likely N-dealkylation sites (tertiary alicyclic amines) is 1. The van der Waals surface area contributed by atoms with Gasteiger partial charge < -0.3 is 19.9 Å². The Morgan fingerprint density at radius 3 is 2.52 bits per heavy atom. The van der Waals surface area contributed by atoms with Gasteiger partial charge in [0.05, 0.1) is 6.61 Å². The zero-order valence-electron chi connectivity index (χ0n) is 18.2. The number of nitrogens with one attached hydrogen (secondary N) is 1. The van der Waals surface area contributed by atoms with Crippen LogP contribution in [0.4, 0.5) is 0 Å². The highest BCUT2D eigenvalue weighted by Crippen LogP contribution is 2.38. The Bertz CT molecular complexity index is 692. The molecule has 1 aromatic rings. The van der Waals surface area contributed by atoms with Gasteiger partial charge in [0.2, 0.25) is 0 Å². The summed E-state index contributed by atoms with van der Waals surface area (Å²) in [5.41, 5.74) is 3.17. The summed E-state index contributed by atoms with van der Waals surface area (Å²) in [5, 5.41) is 3.64. The standard InChI is InChI=1S/C23H37N5O/c1-3-26-11-13-27(14-12-26)17-21-7-5-4-6-20(21)16-25-22(24-2)28-10-8-23(18-28)9-15-29-19-23/h4-7H,3,8-19H2,1-2H3,(H,24,25). The molecule has 3 heterocycles. The molecule has 0 aromatic heterocycles. The largest absolute Gasteiger partial charge is 0.381 e. The van der Waals surface area contributed by atoms with E-state index in [2.05, 4.69) is 56.2 Å². The smallest absolute Gasteiger partial charge is 0.193 e. The lowest BCUT2D eigenvalue weighted by molar-refractivity contribution is 0.131. The van der Waals surface area contributed by atoms with E-state index in [0.717, 1.165) is 65.0 Å². The number of guanidine groups is 1. The first-order valence-electron chi connectivity index (χ1n) is 11.3. The van der Waals surface area contributed by atoms with Crippen LogP contribution in [0.25, 0.3) is 0 Å². The van der Waals surface area contributed by atoms with Crippen LogP contribution in [0, 0.1) is 5.41 Å². The molecule has 4 rings (SSSR count). The molecule has 3 fully saturated rings. The molecule has 6 heteroatoms. The van der Waals surface area contributed by atoms with Crippen molar-refractivity contribution in [2.24, 2.45) is 10.4 Å². The Morgan fingerprint density at radius 2 is 1.83 bits per heavy atom. The van der Waals surface area contributed by atoms with Crippen molar-refractivity contribution in [3.05, 3.63) is 35.4 Å². The highest BCUT2D eigenvalue weighted by molar-refractivity contribution is 5.80. The van der Waals surface area contributed by atoms with Gasteiger partial charge in [-0.3, -0.25) is 9.89 Å². The summed E-state index contributed by atoms with van der Waals surface area (Å²) < 4.78 is 5.68. The van der Waals surface area contributed by atoms with Gasteiger partial charge in [0.1, 0.15) is 0 Å². The van der Waals surface area contributed by atoms with Crippen molar-refractivity contribution >= 4 is 5.96 Å². The fourth-order valence-electron chi connectivity index (χ4n) is 4.98. The average molecular weight is 400 g/mol. The van der Waals surface area contributed by atoms with Crippen molar-refractivity contribution in [1.29, 1.82) is 0 Å². The fraction of sp³-hybridized carbons (Fsp3) is 0.696. The molecule has 0 bridgehead atoms. The molecule has 160 valence electrons. The topological polar surface area (TPSA) is 43.3 Å². The average Bonchev–Trinajstić information content (AvgIpc) is 3.40. The number of aliphatic imine (C=N–C) groups is 1. The number of likely N-dealkylation sites (N-methyl/N-ethyl adjacent to an activating group) is 1. The van der Waals surface area contributed by atoms with Crippen LogP contribution in [0.2, 0.25) is 0 Å². The van der Waals surface area contributed by atoms with Gasteiger partial charge in [-0.25, -0.2) is 0 Å². The minimum Gasteiger partial charge on any atom is -0.381 e. The lowest BCUT2D eigenvalue weighted by Gasteiger charge is -2.34. The Labute approximate surface area is 175 Å². The quantitative estimate of drug-likeness (QED) is 0.606. The molecular weight excluding hydrogens is 362 g/mol. The fourth-order valence-corrected chi connectivity index (χ4v) is 4.98. The predicted octanol–water partition coefficient (Wildman–Crippen LogP) is 2.01. The lowest BCUT2D eigenvalue weighted by atomic mass is 9.87. The molecule has 0 aliphatic carbocycles. The van der Waals surface area contributed by atoms with E-state index in [4.69, 9.17) is 4.74 Å². The van der Waals surface area contributed by atoms with Crippen LogP contribution < -0.4 is 5.32 Å². The van der Waals surface area contributed by atoms with Gasteiger partial charge >= 0.3 is 0 Å². The molecule has 0 saturated carbocycles. The molecule has 1 atom stereocenters. The second kappa shape index (κ2) is 9.45. The zero-order valence-corrected chi connectivity index (χ0v) is 18.2. The number of rotatable bonds is 5. The normalized spacial score (nSPS) is 26.6. The number of piperazine rings is 1. The first-order chi connectivity index (χ1) is 14.2. The molecule has 3 aliphatic rings. The van der Waals surface area contributed by atoms with Crippen molar-refractivity contribution in [3.63, 3.8) is 0 Å². The second-order valence-corrected chi connectivity index (χ2v) is 8.85. The number of benzene rings is 1. The highest BCUT2D eigenvalue weighted by Gasteiger charge is 2.42. The van der Waals surface area contributed by atoms with E-state index in [-0.39, 0.29) is 0 Å². The summed E-state index contributed by atoms with van der Waals surface area (Å²) in [4.78, 5) is 12.1. The van der Waals surface area contributed by atoms with Crippen LogP contribution in [0.1, 0.15) is 30.9 Å². The molecule has 0 amide bonds. The number of nitrogens with zero attached hydrogens (tertiary/aromatic N) is 4. The molecule has 1 N–H and O–H groups in total. The van der Waals surface area contributed by atoms with Crippen LogP contribution in [0.5, 0.6) is 0 Å². The van der Waals surface area contributed by atoms with Crippen molar-refractivity contribution in [3.8, 4) is 0 Å². The Kier molecular flexibility index (Phi) is 6.73. The van der Waals surface area contributed by atoms with Crippen LogP contribution >= 0.6 is 0 Å². The summed E-state index contributed by atoms with van der Waals surface area (Å²) in [7, 11) is 1.90. The maximum absolute atomic E-state index is 5.68. The van der Waals surface area contributed by atoms with Gasteiger partial charge in [-0.2, -0.15) is 0 Å². The first-order valence-corrected chi connectivity index (χ1v) is 11.3. The SMILES string of the molecule is CCN1CCN(Cc2ccccc2CNC(=NC)N2CCC3(CCOC3)C2)CC1. The summed E-state index contributed by atoms with van der Waals surface area (Å²) >= 11 is 0. The summed E-state index contributed by atoms with van der Waals surface area (Å²) in [6, 6.07) is 8.86. The Hall–Kier alpha value is -1.63. The minimum atomic E-state index is 0.357. The number of hydrogen-bond acceptors (Lipinski definition) is 4. The van der Waals surface area contributed by atoms with Gasteiger partial charge in [-0.1, -0.05) is 31.2 Å². The molecule has 3 saturated heterocycles. The molecule has 3 aliphatic heterocycles. The van der Waals surface area contributed by atoms with Crippen molar-refractivity contribution in [1.82, 2.24) is 20.0 Å². The van der Waals surface area contributed by atoms with Crippen molar-refractivity contribution in [2.45, 2.75) is 32.9 Å². The molecule has 6 nitrogen and oxygen atoms in total. The third kappa shape index (κ3) is 4.93. The Morgan fingerprint density at radius 1 is 1.07 bits per heavy atom. The number of hydrogen-bond donors (Lipinski definition) is 1. The molecule has 29 heavy (non-hydrogen) atoms. The van der Waals surface area contributed by atoms with E-state index >= 15 is 0 Å². The van der Waals surface area contributed by atoms with E-state index in [1.54, 1.807) is 0 Å². The summed E-state index contributed by atoms with van der Waals surface area (Å²) in [6.07, 6.45) is 2.41. The molecule has 1 spiro atoms. The van der Waals surface area contributed by atoms with Crippen LogP contribution in [-0.2, 0) is 17.8 Å². The van der Waals surface area contributed by atoms with E-state index in [0.29, 0.717) is 5.41 Å². The zero-order chi connectivity index (χ0) is 20.1. The second-order valence-electron chi connectivity index (χ2n) is 8.85. The molecule has 1 unspecified atom stereocenters. The van der Waals surface area contributed by atoms with Crippen LogP contribution in [0.3, 0.4) is 0 Å².